The molecule has 5 heteroatoms. The van der Waals surface area contributed by atoms with Gasteiger partial charge in [0, 0.05) is 22.2 Å². The molecular formula is C18H20ClNO2S. The molecule has 23 heavy (non-hydrogen) atoms. The first kappa shape index (κ1) is 17.7. The molecule has 1 atom stereocenters. The Morgan fingerprint density at radius 2 is 2.00 bits per heavy atom. The number of hydrogen-bond donors (Lipinski definition) is 1. The van der Waals surface area contributed by atoms with Gasteiger partial charge in [0.15, 0.2) is 6.10 Å². The van der Waals surface area contributed by atoms with Crippen molar-refractivity contribution in [1.82, 2.24) is 5.32 Å². The average Bonchev–Trinajstić information content (AvgIpc) is 2.57. The maximum Gasteiger partial charge on any atom is 0.261 e. The van der Waals surface area contributed by atoms with Crippen molar-refractivity contribution >= 4 is 29.3 Å². The third kappa shape index (κ3) is 6.16. The number of carbonyl (C=O) groups excluding carboxylic acids is 1. The van der Waals surface area contributed by atoms with Crippen molar-refractivity contribution < 1.29 is 9.53 Å². The van der Waals surface area contributed by atoms with E-state index in [-0.39, 0.29) is 5.91 Å². The summed E-state index contributed by atoms with van der Waals surface area (Å²) in [5, 5.41) is 3.52. The highest BCUT2D eigenvalue weighted by Gasteiger charge is 2.17. The normalized spacial score (nSPS) is 11.7. The zero-order chi connectivity index (χ0) is 16.5. The molecule has 1 amide bonds. The second kappa shape index (κ2) is 9.48. The second-order valence-electron chi connectivity index (χ2n) is 4.92. The largest absolute Gasteiger partial charge is 0.481 e. The molecule has 2 aromatic rings. The zero-order valence-corrected chi connectivity index (χ0v) is 14.6. The van der Waals surface area contributed by atoms with Crippen LogP contribution in [0.3, 0.4) is 0 Å². The number of amides is 1. The fourth-order valence-corrected chi connectivity index (χ4v) is 2.97. The summed E-state index contributed by atoms with van der Waals surface area (Å²) in [6, 6.07) is 17.2. The van der Waals surface area contributed by atoms with E-state index < -0.39 is 6.10 Å². The molecule has 0 fully saturated rings. The van der Waals surface area contributed by atoms with E-state index in [0.717, 1.165) is 5.75 Å². The minimum atomic E-state index is -0.504. The number of carbonyl (C=O) groups is 1. The lowest BCUT2D eigenvalue weighted by atomic mass is 10.2. The van der Waals surface area contributed by atoms with Gasteiger partial charge in [0.1, 0.15) is 5.75 Å². The molecule has 0 bridgehead atoms. The van der Waals surface area contributed by atoms with E-state index in [1.54, 1.807) is 36.0 Å². The maximum absolute atomic E-state index is 12.2. The van der Waals surface area contributed by atoms with Crippen LogP contribution in [0.2, 0.25) is 5.02 Å². The molecule has 2 aromatic carbocycles. The quantitative estimate of drug-likeness (QED) is 0.567. The number of thioether (sulfide) groups is 1. The van der Waals surface area contributed by atoms with Crippen molar-refractivity contribution in [2.45, 2.75) is 24.3 Å². The van der Waals surface area contributed by atoms with Crippen LogP contribution in [0.1, 0.15) is 13.3 Å². The smallest absolute Gasteiger partial charge is 0.261 e. The van der Waals surface area contributed by atoms with Crippen molar-refractivity contribution in [3.63, 3.8) is 0 Å². The van der Waals surface area contributed by atoms with Gasteiger partial charge in [-0.05, 0) is 36.8 Å². The first-order valence-corrected chi connectivity index (χ1v) is 8.93. The minimum Gasteiger partial charge on any atom is -0.481 e. The van der Waals surface area contributed by atoms with Crippen LogP contribution in [0.25, 0.3) is 0 Å². The molecule has 3 nitrogen and oxygen atoms in total. The highest BCUT2D eigenvalue weighted by atomic mass is 35.5. The topological polar surface area (TPSA) is 38.3 Å². The van der Waals surface area contributed by atoms with Crippen LogP contribution in [-0.2, 0) is 4.79 Å². The Morgan fingerprint density at radius 1 is 1.22 bits per heavy atom. The van der Waals surface area contributed by atoms with Gasteiger partial charge in [-0.15, -0.1) is 11.8 Å². The zero-order valence-electron chi connectivity index (χ0n) is 13.0. The lowest BCUT2D eigenvalue weighted by Crippen LogP contribution is -2.39. The van der Waals surface area contributed by atoms with Crippen LogP contribution >= 0.6 is 23.4 Å². The Kier molecular flexibility index (Phi) is 7.30. The Labute approximate surface area is 146 Å². The highest BCUT2D eigenvalue weighted by Crippen LogP contribution is 2.19. The molecular weight excluding hydrogens is 330 g/mol. The van der Waals surface area contributed by atoms with Gasteiger partial charge in [-0.1, -0.05) is 42.8 Å². The minimum absolute atomic E-state index is 0.0962. The van der Waals surface area contributed by atoms with Gasteiger partial charge in [-0.3, -0.25) is 4.79 Å². The summed E-state index contributed by atoms with van der Waals surface area (Å²) >= 11 is 7.64. The summed E-state index contributed by atoms with van der Waals surface area (Å²) in [4.78, 5) is 13.4. The second-order valence-corrected chi connectivity index (χ2v) is 6.53. The maximum atomic E-state index is 12.2. The molecule has 0 aliphatic heterocycles. The average molecular weight is 350 g/mol. The van der Waals surface area contributed by atoms with Crippen molar-refractivity contribution in [3.8, 4) is 5.75 Å². The first-order valence-electron chi connectivity index (χ1n) is 7.57. The van der Waals surface area contributed by atoms with Crippen LogP contribution in [0.15, 0.2) is 59.5 Å². The van der Waals surface area contributed by atoms with Crippen LogP contribution in [0.4, 0.5) is 0 Å². The summed E-state index contributed by atoms with van der Waals surface area (Å²) in [7, 11) is 0. The fraction of sp³-hybridized carbons (Fsp3) is 0.278. The van der Waals surface area contributed by atoms with Crippen molar-refractivity contribution in [1.29, 1.82) is 0 Å². The van der Waals surface area contributed by atoms with E-state index in [9.17, 15) is 4.79 Å². The van der Waals surface area contributed by atoms with E-state index >= 15 is 0 Å². The number of halogens is 1. The molecule has 0 aliphatic carbocycles. The number of nitrogens with one attached hydrogen (secondary N) is 1. The van der Waals surface area contributed by atoms with Gasteiger partial charge in [0.2, 0.25) is 0 Å². The van der Waals surface area contributed by atoms with Crippen LogP contribution < -0.4 is 10.1 Å². The number of rotatable bonds is 8. The third-order valence-corrected chi connectivity index (χ3v) is 4.40. The number of hydrogen-bond acceptors (Lipinski definition) is 3. The molecule has 1 N–H and O–H groups in total. The van der Waals surface area contributed by atoms with Crippen LogP contribution in [0.5, 0.6) is 5.75 Å². The number of ether oxygens (including phenoxy) is 1. The molecule has 2 rings (SSSR count). The third-order valence-electron chi connectivity index (χ3n) is 3.15. The summed E-state index contributed by atoms with van der Waals surface area (Å²) in [5.74, 6) is 1.34. The molecule has 0 heterocycles. The Hall–Kier alpha value is -1.65. The Morgan fingerprint density at radius 3 is 2.70 bits per heavy atom. The van der Waals surface area contributed by atoms with Crippen LogP contribution in [-0.4, -0.2) is 24.3 Å². The first-order chi connectivity index (χ1) is 11.2. The molecule has 0 aliphatic rings. The standard InChI is InChI=1S/C18H20ClNO2S/c1-2-17(22-15-8-6-7-14(19)13-15)18(21)20-11-12-23-16-9-4-3-5-10-16/h3-10,13,17H,2,11-12H2,1H3,(H,20,21)/t17-/m1/s1. The SMILES string of the molecule is CC[C@@H](Oc1cccc(Cl)c1)C(=O)NCCSc1ccccc1. The van der Waals surface area contributed by atoms with Gasteiger partial charge in [-0.2, -0.15) is 0 Å². The summed E-state index contributed by atoms with van der Waals surface area (Å²) < 4.78 is 5.72. The fourth-order valence-electron chi connectivity index (χ4n) is 2.00. The van der Waals surface area contributed by atoms with E-state index in [1.165, 1.54) is 4.90 Å². The van der Waals surface area contributed by atoms with Gasteiger partial charge < -0.3 is 10.1 Å². The predicted octanol–water partition coefficient (Wildman–Crippen LogP) is 4.41. The molecule has 0 saturated carbocycles. The lowest BCUT2D eigenvalue weighted by Gasteiger charge is -2.17. The van der Waals surface area contributed by atoms with Crippen molar-refractivity contribution in [2.24, 2.45) is 0 Å². The molecule has 0 radical (unpaired) electrons. The van der Waals surface area contributed by atoms with E-state index in [0.29, 0.717) is 23.7 Å². The van der Waals surface area contributed by atoms with E-state index in [2.05, 4.69) is 17.4 Å². The molecule has 122 valence electrons. The predicted molar refractivity (Wildman–Crippen MR) is 96.3 cm³/mol. The Bertz CT molecular complexity index is 621. The molecule has 0 spiro atoms. The van der Waals surface area contributed by atoms with Crippen LogP contribution in [0, 0.1) is 0 Å². The molecule has 0 saturated heterocycles. The highest BCUT2D eigenvalue weighted by molar-refractivity contribution is 7.99. The molecule has 0 unspecified atom stereocenters. The Balaban J connectivity index is 1.76. The summed E-state index contributed by atoms with van der Waals surface area (Å²) in [6.45, 7) is 2.53. The van der Waals surface area contributed by atoms with E-state index in [1.807, 2.05) is 25.1 Å². The van der Waals surface area contributed by atoms with Gasteiger partial charge in [0.25, 0.3) is 5.91 Å². The number of benzene rings is 2. The summed E-state index contributed by atoms with van der Waals surface area (Å²) in [5.41, 5.74) is 0. The van der Waals surface area contributed by atoms with Gasteiger partial charge in [-0.25, -0.2) is 0 Å². The lowest BCUT2D eigenvalue weighted by molar-refractivity contribution is -0.127. The van der Waals surface area contributed by atoms with Crippen molar-refractivity contribution in [3.05, 3.63) is 59.6 Å². The monoisotopic (exact) mass is 349 g/mol. The summed E-state index contributed by atoms with van der Waals surface area (Å²) in [6.07, 6.45) is 0.0969. The van der Waals surface area contributed by atoms with Gasteiger partial charge >= 0.3 is 0 Å². The van der Waals surface area contributed by atoms with Gasteiger partial charge in [0.05, 0.1) is 0 Å². The molecule has 0 aromatic heterocycles. The van der Waals surface area contributed by atoms with Crippen molar-refractivity contribution in [2.75, 3.05) is 12.3 Å². The van der Waals surface area contributed by atoms with E-state index in [4.69, 9.17) is 16.3 Å².